The number of hydrogen-bond acceptors (Lipinski definition) is 6. The molecule has 0 radical (unpaired) electrons. The van der Waals surface area contributed by atoms with Crippen LogP contribution >= 0.6 is 0 Å². The molecular formula is C22H34O7. The van der Waals surface area contributed by atoms with Gasteiger partial charge in [-0.1, -0.05) is 6.42 Å². The lowest BCUT2D eigenvalue weighted by Crippen LogP contribution is -2.23. The lowest BCUT2D eigenvalue weighted by atomic mass is 9.86. The van der Waals surface area contributed by atoms with Crippen molar-refractivity contribution in [2.24, 2.45) is 5.41 Å². The normalized spacial score (nSPS) is 12.0. The third kappa shape index (κ3) is 7.48. The van der Waals surface area contributed by atoms with Crippen molar-refractivity contribution >= 4 is 12.4 Å². The van der Waals surface area contributed by atoms with E-state index < -0.39 is 22.7 Å². The second-order valence-corrected chi connectivity index (χ2v) is 8.82. The highest BCUT2D eigenvalue weighted by molar-refractivity contribution is 5.73. The first-order chi connectivity index (χ1) is 13.4. The van der Waals surface area contributed by atoms with Gasteiger partial charge in [-0.15, -0.1) is 0 Å². The van der Waals surface area contributed by atoms with Crippen LogP contribution in [-0.4, -0.2) is 38.5 Å². The van der Waals surface area contributed by atoms with E-state index >= 15 is 0 Å². The summed E-state index contributed by atoms with van der Waals surface area (Å²) in [5, 5.41) is 39.5. The molecule has 0 aliphatic carbocycles. The summed E-state index contributed by atoms with van der Waals surface area (Å²) in [4.78, 5) is 21.7. The fraction of sp³-hybridized carbons (Fsp3) is 0.636. The largest absolute Gasteiger partial charge is 0.504 e. The quantitative estimate of drug-likeness (QED) is 0.217. The number of aromatic hydroxyl groups is 3. The van der Waals surface area contributed by atoms with Gasteiger partial charge in [0.05, 0.1) is 5.41 Å². The minimum Gasteiger partial charge on any atom is -0.504 e. The average Bonchev–Trinajstić information content (AvgIpc) is 2.63. The molecule has 4 N–H and O–H groups in total. The molecule has 7 nitrogen and oxygen atoms in total. The second kappa shape index (κ2) is 10.4. The molecule has 0 saturated carbocycles. The second-order valence-electron chi connectivity index (χ2n) is 8.82. The topological polar surface area (TPSA) is 124 Å². The maximum Gasteiger partial charge on any atom is 0.309 e. The van der Waals surface area contributed by atoms with Gasteiger partial charge in [-0.3, -0.25) is 9.59 Å². The number of ether oxygens (including phenoxy) is 1. The Kier molecular flexibility index (Phi) is 8.80. The molecule has 0 atom stereocenters. The van der Waals surface area contributed by atoms with Crippen LogP contribution in [0.3, 0.4) is 0 Å². The van der Waals surface area contributed by atoms with Crippen molar-refractivity contribution in [2.75, 3.05) is 0 Å². The number of hydrogen-bond donors (Lipinski definition) is 4. The summed E-state index contributed by atoms with van der Waals surface area (Å²) in [5.74, 6) is -2.01. The molecule has 164 valence electrons. The molecule has 1 rings (SSSR count). The molecule has 1 aromatic carbocycles. The van der Waals surface area contributed by atoms with Crippen LogP contribution in [-0.2, 0) is 27.2 Å². The minimum absolute atomic E-state index is 0.318. The van der Waals surface area contributed by atoms with Gasteiger partial charge in [0.1, 0.15) is 5.60 Å². The van der Waals surface area contributed by atoms with Crippen LogP contribution in [0.25, 0.3) is 0 Å². The van der Waals surface area contributed by atoms with Gasteiger partial charge in [0, 0.05) is 0 Å². The van der Waals surface area contributed by atoms with E-state index in [9.17, 15) is 24.9 Å². The number of benzene rings is 1. The van der Waals surface area contributed by atoms with Crippen LogP contribution in [0.2, 0.25) is 0 Å². The van der Waals surface area contributed by atoms with Gasteiger partial charge in [0.25, 0.3) is 6.47 Å². The van der Waals surface area contributed by atoms with Gasteiger partial charge in [-0.25, -0.2) is 0 Å². The number of carboxylic acids is 1. The number of carboxylic acid groups (broad SMARTS) is 1. The molecule has 0 spiro atoms. The Bertz CT molecular complexity index is 708. The van der Waals surface area contributed by atoms with E-state index in [-0.39, 0.29) is 11.5 Å². The van der Waals surface area contributed by atoms with Crippen molar-refractivity contribution in [3.63, 3.8) is 0 Å². The summed E-state index contributed by atoms with van der Waals surface area (Å²) in [7, 11) is 0. The Morgan fingerprint density at radius 2 is 1.38 bits per heavy atom. The van der Waals surface area contributed by atoms with Crippen LogP contribution in [0.1, 0.15) is 77.3 Å². The maximum atomic E-state index is 11.2. The van der Waals surface area contributed by atoms with E-state index in [1.165, 1.54) is 0 Å². The van der Waals surface area contributed by atoms with E-state index in [1.807, 2.05) is 13.8 Å². The molecule has 0 heterocycles. The molecule has 0 saturated heterocycles. The molecule has 0 aliphatic rings. The highest BCUT2D eigenvalue weighted by atomic mass is 16.5. The number of rotatable bonds is 13. The highest BCUT2D eigenvalue weighted by Gasteiger charge is 2.26. The van der Waals surface area contributed by atoms with Crippen LogP contribution < -0.4 is 0 Å². The number of aryl methyl sites for hydroxylation is 2. The fourth-order valence-electron chi connectivity index (χ4n) is 3.19. The molecule has 7 heteroatoms. The van der Waals surface area contributed by atoms with Crippen LogP contribution in [0.5, 0.6) is 17.2 Å². The summed E-state index contributed by atoms with van der Waals surface area (Å²) >= 11 is 0. The molecule has 29 heavy (non-hydrogen) atoms. The molecular weight excluding hydrogens is 376 g/mol. The third-order valence-corrected chi connectivity index (χ3v) is 5.32. The predicted molar refractivity (Wildman–Crippen MR) is 109 cm³/mol. The third-order valence-electron chi connectivity index (χ3n) is 5.32. The first kappa shape index (κ1) is 24.6. The Morgan fingerprint density at radius 1 is 0.897 bits per heavy atom. The maximum absolute atomic E-state index is 11.2. The number of unbranched alkanes of at least 4 members (excludes halogenated alkanes) is 2. The smallest absolute Gasteiger partial charge is 0.309 e. The summed E-state index contributed by atoms with van der Waals surface area (Å²) in [5.41, 5.74) is -0.259. The van der Waals surface area contributed by atoms with Gasteiger partial charge in [-0.2, -0.15) is 0 Å². The van der Waals surface area contributed by atoms with E-state index in [0.29, 0.717) is 56.1 Å². The number of carbonyl (C=O) groups excluding carboxylic acids is 1. The van der Waals surface area contributed by atoms with Gasteiger partial charge in [0.15, 0.2) is 11.5 Å². The zero-order valence-corrected chi connectivity index (χ0v) is 17.8. The average molecular weight is 411 g/mol. The van der Waals surface area contributed by atoms with E-state index in [2.05, 4.69) is 0 Å². The van der Waals surface area contributed by atoms with E-state index in [1.54, 1.807) is 19.9 Å². The SMILES string of the molecule is CC(C)(CCCCc1cc(CCCCC(C)(C)C(=O)O)c(O)c(O)c1O)OC=O. The fourth-order valence-corrected chi connectivity index (χ4v) is 3.19. The minimum atomic E-state index is -0.841. The number of aliphatic carboxylic acids is 1. The lowest BCUT2D eigenvalue weighted by molar-refractivity contribution is -0.147. The van der Waals surface area contributed by atoms with Crippen molar-refractivity contribution in [3.05, 3.63) is 17.2 Å². The molecule has 0 fully saturated rings. The van der Waals surface area contributed by atoms with E-state index in [4.69, 9.17) is 9.84 Å². The van der Waals surface area contributed by atoms with Crippen molar-refractivity contribution in [3.8, 4) is 17.2 Å². The summed E-state index contributed by atoms with van der Waals surface area (Å²) < 4.78 is 5.01. The van der Waals surface area contributed by atoms with Gasteiger partial charge in [0.2, 0.25) is 5.75 Å². The summed E-state index contributed by atoms with van der Waals surface area (Å²) in [6.07, 6.45) is 4.98. The highest BCUT2D eigenvalue weighted by Crippen LogP contribution is 2.41. The molecule has 0 aromatic heterocycles. The number of phenolic OH excluding ortho intramolecular Hbond substituents is 3. The first-order valence-corrected chi connectivity index (χ1v) is 10.0. The Labute approximate surface area is 172 Å². The van der Waals surface area contributed by atoms with Crippen molar-refractivity contribution in [1.29, 1.82) is 0 Å². The Hall–Kier alpha value is -2.44. The zero-order valence-electron chi connectivity index (χ0n) is 17.8. The van der Waals surface area contributed by atoms with E-state index in [0.717, 1.165) is 12.8 Å². The number of carbonyl (C=O) groups is 2. The van der Waals surface area contributed by atoms with Gasteiger partial charge >= 0.3 is 5.97 Å². The predicted octanol–water partition coefficient (Wildman–Crippen LogP) is 4.29. The number of phenols is 3. The summed E-state index contributed by atoms with van der Waals surface area (Å²) in [6.45, 7) is 7.45. The van der Waals surface area contributed by atoms with Crippen LogP contribution in [0.15, 0.2) is 6.07 Å². The van der Waals surface area contributed by atoms with Crippen LogP contribution in [0, 0.1) is 5.41 Å². The van der Waals surface area contributed by atoms with Gasteiger partial charge in [-0.05, 0) is 89.8 Å². The van der Waals surface area contributed by atoms with Crippen molar-refractivity contribution in [1.82, 2.24) is 0 Å². The molecule has 0 amide bonds. The Balaban J connectivity index is 2.68. The van der Waals surface area contributed by atoms with Crippen LogP contribution in [0.4, 0.5) is 0 Å². The monoisotopic (exact) mass is 410 g/mol. The summed E-state index contributed by atoms with van der Waals surface area (Å²) in [6, 6.07) is 1.69. The molecule has 0 bridgehead atoms. The van der Waals surface area contributed by atoms with Gasteiger partial charge < -0.3 is 25.2 Å². The van der Waals surface area contributed by atoms with Crippen molar-refractivity contribution < 1.29 is 34.8 Å². The molecule has 0 unspecified atom stereocenters. The standard InChI is InChI=1S/C22H34O7/c1-21(2,20(27)28)11-7-5-9-15-13-16(18(25)19(26)17(15)24)10-6-8-12-22(3,4)29-14-23/h13-14,24-26H,5-12H2,1-4H3,(H,27,28). The molecule has 0 aliphatic heterocycles. The van der Waals surface area contributed by atoms with Crippen molar-refractivity contribution in [2.45, 2.75) is 84.7 Å². The lowest BCUT2D eigenvalue weighted by Gasteiger charge is -2.22. The Morgan fingerprint density at radius 3 is 1.83 bits per heavy atom. The first-order valence-electron chi connectivity index (χ1n) is 10.0. The molecule has 1 aromatic rings. The zero-order chi connectivity index (χ0) is 22.2.